The van der Waals surface area contributed by atoms with E-state index in [1.165, 1.54) is 11.3 Å². The zero-order valence-electron chi connectivity index (χ0n) is 11.6. The van der Waals surface area contributed by atoms with Crippen molar-refractivity contribution in [3.8, 4) is 0 Å². The van der Waals surface area contributed by atoms with Gasteiger partial charge in [0.25, 0.3) is 0 Å². The number of rotatable bonds is 5. The topological polar surface area (TPSA) is 86.8 Å². The first-order valence-electron chi connectivity index (χ1n) is 6.74. The Morgan fingerprint density at radius 1 is 1.57 bits per heavy atom. The fraction of sp³-hybridized carbons (Fsp3) is 0.500. The van der Waals surface area contributed by atoms with E-state index in [4.69, 9.17) is 0 Å². The van der Waals surface area contributed by atoms with E-state index in [1.54, 1.807) is 18.1 Å². The van der Waals surface area contributed by atoms with Crippen LogP contribution in [0.1, 0.15) is 18.3 Å². The molecule has 0 radical (unpaired) electrons. The number of amides is 1. The number of aromatic nitrogens is 4. The van der Waals surface area contributed by atoms with Crippen LogP contribution in [0.2, 0.25) is 0 Å². The molecule has 3 heterocycles. The van der Waals surface area contributed by atoms with Crippen molar-refractivity contribution in [3.63, 3.8) is 0 Å². The first kappa shape index (κ1) is 14.5. The number of hydrogen-bond acceptors (Lipinski definition) is 7. The highest BCUT2D eigenvalue weighted by Gasteiger charge is 2.20. The van der Waals surface area contributed by atoms with E-state index < -0.39 is 0 Å². The van der Waals surface area contributed by atoms with E-state index in [1.807, 2.05) is 0 Å². The second kappa shape index (κ2) is 6.54. The summed E-state index contributed by atoms with van der Waals surface area (Å²) < 4.78 is 0.882. The van der Waals surface area contributed by atoms with Gasteiger partial charge >= 0.3 is 0 Å². The number of thioether (sulfide) groups is 1. The molecule has 0 saturated carbocycles. The summed E-state index contributed by atoms with van der Waals surface area (Å²) in [6.45, 7) is 3.99. The number of aromatic amines is 1. The van der Waals surface area contributed by atoms with Gasteiger partial charge in [0.15, 0.2) is 4.34 Å². The van der Waals surface area contributed by atoms with Crippen LogP contribution in [-0.4, -0.2) is 49.8 Å². The van der Waals surface area contributed by atoms with Crippen LogP contribution >= 0.6 is 23.1 Å². The molecule has 1 aliphatic rings. The largest absolute Gasteiger partial charge is 0.347 e. The van der Waals surface area contributed by atoms with E-state index in [0.29, 0.717) is 11.7 Å². The van der Waals surface area contributed by atoms with Gasteiger partial charge in [0, 0.05) is 19.5 Å². The lowest BCUT2D eigenvalue weighted by atomic mass is 10.1. The average molecular weight is 324 g/mol. The number of hydrogen-bond donors (Lipinski definition) is 2. The summed E-state index contributed by atoms with van der Waals surface area (Å²) in [6, 6.07) is 0. The molecule has 2 N–H and O–H groups in total. The van der Waals surface area contributed by atoms with E-state index in [2.05, 4.69) is 37.3 Å². The predicted molar refractivity (Wildman–Crippen MR) is 82.5 cm³/mol. The number of nitrogens with one attached hydrogen (secondary N) is 2. The van der Waals surface area contributed by atoms with Crippen molar-refractivity contribution in [2.45, 2.75) is 24.2 Å². The van der Waals surface area contributed by atoms with Crippen molar-refractivity contribution in [2.24, 2.45) is 0 Å². The Morgan fingerprint density at radius 3 is 3.33 bits per heavy atom. The fourth-order valence-corrected chi connectivity index (χ4v) is 3.87. The van der Waals surface area contributed by atoms with Crippen LogP contribution in [-0.2, 0) is 17.8 Å². The number of H-pyrrole nitrogens is 1. The minimum atomic E-state index is -0.0536. The van der Waals surface area contributed by atoms with Crippen LogP contribution in [0.5, 0.6) is 0 Å². The van der Waals surface area contributed by atoms with Crippen LogP contribution in [0.3, 0.4) is 0 Å². The fourth-order valence-electron chi connectivity index (χ4n) is 2.21. The number of anilines is 1. The number of nitrogens with zero attached hydrogens (tertiary/aromatic N) is 4. The molecule has 3 rings (SSSR count). The molecule has 1 aliphatic heterocycles. The van der Waals surface area contributed by atoms with Crippen LogP contribution in [0, 0.1) is 0 Å². The maximum absolute atomic E-state index is 12.1. The number of fused-ring (bicyclic) bond motifs is 1. The lowest BCUT2D eigenvalue weighted by Crippen LogP contribution is -2.37. The van der Waals surface area contributed by atoms with Crippen molar-refractivity contribution >= 4 is 34.1 Å². The number of imidazole rings is 1. The number of carbonyl (C=O) groups excluding carboxylic acids is 1. The standard InChI is InChI=1S/C12H16N6OS2/c1-2-20-12-17-16-11(21-12)15-10(19)6-18-4-3-8-9(5-18)14-7-13-8/h7H,2-6H2,1H3,(H,13,14)(H,15,16,19). The quantitative estimate of drug-likeness (QED) is 0.638. The summed E-state index contributed by atoms with van der Waals surface area (Å²) >= 11 is 3.04. The Bertz CT molecular complexity index is 625. The lowest BCUT2D eigenvalue weighted by molar-refractivity contribution is -0.117. The smallest absolute Gasteiger partial charge is 0.240 e. The third kappa shape index (κ3) is 3.60. The molecule has 2 aromatic heterocycles. The summed E-state index contributed by atoms with van der Waals surface area (Å²) in [6.07, 6.45) is 2.59. The highest BCUT2D eigenvalue weighted by atomic mass is 32.2. The molecule has 1 amide bonds. The molecule has 9 heteroatoms. The third-order valence-electron chi connectivity index (χ3n) is 3.14. The van der Waals surface area contributed by atoms with Crippen LogP contribution in [0.4, 0.5) is 5.13 Å². The van der Waals surface area contributed by atoms with Crippen molar-refractivity contribution in [1.29, 1.82) is 0 Å². The summed E-state index contributed by atoms with van der Waals surface area (Å²) in [4.78, 5) is 21.5. The Labute approximate surface area is 130 Å². The molecule has 0 saturated heterocycles. The molecule has 2 aromatic rings. The molecule has 7 nitrogen and oxygen atoms in total. The SMILES string of the molecule is CCSc1nnc(NC(=O)CN2CCc3nc[nH]c3C2)s1. The predicted octanol–water partition coefficient (Wildman–Crippen LogP) is 1.37. The molecule has 0 spiro atoms. The van der Waals surface area contributed by atoms with Gasteiger partial charge in [0.2, 0.25) is 11.0 Å². The van der Waals surface area contributed by atoms with Gasteiger partial charge < -0.3 is 4.98 Å². The Morgan fingerprint density at radius 2 is 2.48 bits per heavy atom. The molecule has 0 fully saturated rings. The van der Waals surface area contributed by atoms with Crippen molar-refractivity contribution in [3.05, 3.63) is 17.7 Å². The van der Waals surface area contributed by atoms with Crippen molar-refractivity contribution < 1.29 is 4.79 Å². The minimum absolute atomic E-state index is 0.0536. The summed E-state index contributed by atoms with van der Waals surface area (Å²) in [5, 5.41) is 11.4. The van der Waals surface area contributed by atoms with Crippen LogP contribution in [0.25, 0.3) is 0 Å². The zero-order chi connectivity index (χ0) is 14.7. The molecule has 0 aliphatic carbocycles. The highest BCUT2D eigenvalue weighted by molar-refractivity contribution is 8.01. The van der Waals surface area contributed by atoms with Gasteiger partial charge in [-0.15, -0.1) is 10.2 Å². The molecule has 0 atom stereocenters. The summed E-state index contributed by atoms with van der Waals surface area (Å²) in [5.74, 6) is 0.894. The van der Waals surface area contributed by atoms with Gasteiger partial charge in [-0.3, -0.25) is 15.0 Å². The maximum atomic E-state index is 12.1. The lowest BCUT2D eigenvalue weighted by Gasteiger charge is -2.24. The Hall–Kier alpha value is -1.45. The molecule has 0 aromatic carbocycles. The van der Waals surface area contributed by atoms with Gasteiger partial charge in [-0.1, -0.05) is 30.0 Å². The van der Waals surface area contributed by atoms with Crippen LogP contribution in [0.15, 0.2) is 10.7 Å². The highest BCUT2D eigenvalue weighted by Crippen LogP contribution is 2.25. The van der Waals surface area contributed by atoms with Gasteiger partial charge in [-0.05, 0) is 5.75 Å². The first-order valence-corrected chi connectivity index (χ1v) is 8.54. The third-order valence-corrected chi connectivity index (χ3v) is 5.00. The molecule has 0 unspecified atom stereocenters. The Balaban J connectivity index is 1.52. The van der Waals surface area contributed by atoms with E-state index in [-0.39, 0.29) is 5.91 Å². The Kier molecular flexibility index (Phi) is 4.51. The summed E-state index contributed by atoms with van der Waals surface area (Å²) in [7, 11) is 0. The monoisotopic (exact) mass is 324 g/mol. The van der Waals surface area contributed by atoms with Gasteiger partial charge in [-0.2, -0.15) is 0 Å². The second-order valence-corrected chi connectivity index (χ2v) is 7.13. The normalized spacial score (nSPS) is 14.9. The van der Waals surface area contributed by atoms with Gasteiger partial charge in [-0.25, -0.2) is 4.98 Å². The zero-order valence-corrected chi connectivity index (χ0v) is 13.3. The van der Waals surface area contributed by atoms with Crippen molar-refractivity contribution in [1.82, 2.24) is 25.1 Å². The minimum Gasteiger partial charge on any atom is -0.347 e. The maximum Gasteiger partial charge on any atom is 0.240 e. The van der Waals surface area contributed by atoms with E-state index in [9.17, 15) is 4.79 Å². The number of carbonyl (C=O) groups is 1. The molecule has 21 heavy (non-hydrogen) atoms. The summed E-state index contributed by atoms with van der Waals surface area (Å²) in [5.41, 5.74) is 2.21. The average Bonchev–Trinajstić information content (AvgIpc) is 3.08. The van der Waals surface area contributed by atoms with E-state index >= 15 is 0 Å². The van der Waals surface area contributed by atoms with Crippen molar-refractivity contribution in [2.75, 3.05) is 24.2 Å². The van der Waals surface area contributed by atoms with Crippen LogP contribution < -0.4 is 5.32 Å². The molecule has 0 bridgehead atoms. The first-order chi connectivity index (χ1) is 10.2. The molecule has 112 valence electrons. The van der Waals surface area contributed by atoms with Gasteiger partial charge in [0.05, 0.1) is 24.3 Å². The molecular weight excluding hydrogens is 308 g/mol. The van der Waals surface area contributed by atoms with E-state index in [0.717, 1.165) is 41.0 Å². The second-order valence-electron chi connectivity index (χ2n) is 4.64. The molecular formula is C12H16N6OS2. The van der Waals surface area contributed by atoms with Gasteiger partial charge in [0.1, 0.15) is 0 Å².